The van der Waals surface area contributed by atoms with Gasteiger partial charge in [-0.3, -0.25) is 14.4 Å². The lowest BCUT2D eigenvalue weighted by Crippen LogP contribution is -2.52. The van der Waals surface area contributed by atoms with Crippen LogP contribution in [0.1, 0.15) is 23.6 Å². The number of benzene rings is 2. The first-order valence-corrected chi connectivity index (χ1v) is 10.3. The van der Waals surface area contributed by atoms with Crippen molar-refractivity contribution in [1.29, 1.82) is 0 Å². The molecule has 0 aromatic heterocycles. The van der Waals surface area contributed by atoms with Gasteiger partial charge in [0.15, 0.2) is 0 Å². The smallest absolute Gasteiger partial charge is 0.242 e. The Morgan fingerprint density at radius 3 is 2.26 bits per heavy atom. The molecular formula is C23H28N4O4. The molecule has 3 rings (SSSR count). The van der Waals surface area contributed by atoms with E-state index in [1.165, 1.54) is 30.2 Å². The Kier molecular flexibility index (Phi) is 7.25. The Bertz CT molecular complexity index is 920. The van der Waals surface area contributed by atoms with Crippen LogP contribution in [0.25, 0.3) is 0 Å². The van der Waals surface area contributed by atoms with Crippen LogP contribution in [0.2, 0.25) is 0 Å². The monoisotopic (exact) mass is 424 g/mol. The molecule has 0 saturated heterocycles. The minimum atomic E-state index is -0.841. The zero-order valence-corrected chi connectivity index (χ0v) is 17.4. The van der Waals surface area contributed by atoms with Crippen molar-refractivity contribution in [2.24, 2.45) is 5.73 Å². The highest BCUT2D eigenvalue weighted by Gasteiger charge is 2.24. The van der Waals surface area contributed by atoms with Gasteiger partial charge in [-0.2, -0.15) is 0 Å². The number of phenolic OH excluding ortho intramolecular Hbond substituents is 1. The summed E-state index contributed by atoms with van der Waals surface area (Å²) in [5.74, 6) is -1.07. The summed E-state index contributed by atoms with van der Waals surface area (Å²) in [5, 5.41) is 17.3. The summed E-state index contributed by atoms with van der Waals surface area (Å²) in [6.45, 7) is 1.37. The van der Waals surface area contributed by atoms with Crippen LogP contribution < -0.4 is 21.7 Å². The summed E-state index contributed by atoms with van der Waals surface area (Å²) in [4.78, 5) is 36.7. The number of amides is 3. The molecule has 2 atom stereocenters. The van der Waals surface area contributed by atoms with E-state index < -0.39 is 23.9 Å². The van der Waals surface area contributed by atoms with E-state index in [2.05, 4.69) is 28.1 Å². The van der Waals surface area contributed by atoms with Crippen molar-refractivity contribution >= 4 is 17.7 Å². The van der Waals surface area contributed by atoms with Crippen LogP contribution in [0, 0.1) is 0 Å². The molecule has 0 spiro atoms. The maximum absolute atomic E-state index is 12.3. The molecule has 164 valence electrons. The van der Waals surface area contributed by atoms with Gasteiger partial charge in [0.05, 0.1) is 12.6 Å². The van der Waals surface area contributed by atoms with E-state index >= 15 is 0 Å². The van der Waals surface area contributed by atoms with Gasteiger partial charge in [-0.25, -0.2) is 0 Å². The van der Waals surface area contributed by atoms with Crippen molar-refractivity contribution in [3.63, 3.8) is 0 Å². The summed E-state index contributed by atoms with van der Waals surface area (Å²) in [6.07, 6.45) is 1.83. The fraction of sp³-hybridized carbons (Fsp3) is 0.348. The number of fused-ring (bicyclic) bond motifs is 1. The zero-order chi connectivity index (χ0) is 22.4. The quantitative estimate of drug-likeness (QED) is 0.412. The van der Waals surface area contributed by atoms with E-state index in [4.69, 9.17) is 5.73 Å². The Hall–Kier alpha value is -3.39. The number of phenols is 1. The second kappa shape index (κ2) is 10.1. The maximum atomic E-state index is 12.3. The number of aromatic hydroxyl groups is 1. The summed E-state index contributed by atoms with van der Waals surface area (Å²) >= 11 is 0. The van der Waals surface area contributed by atoms with E-state index in [-0.39, 0.29) is 30.7 Å². The van der Waals surface area contributed by atoms with E-state index in [0.29, 0.717) is 0 Å². The van der Waals surface area contributed by atoms with Gasteiger partial charge in [-0.1, -0.05) is 36.4 Å². The standard InChI is InChI=1S/C23H28N4O4/c1-14(26-23(31)20(24)10-15-6-8-19(28)9-7-15)22(30)25-13-21(29)27-18-11-16-4-2-3-5-17(16)12-18/h2-9,14,18,20,28H,10-13,24H2,1H3,(H,25,30)(H,26,31)(H,27,29)/t14-,20-/m0/s1. The largest absolute Gasteiger partial charge is 0.508 e. The third-order valence-corrected chi connectivity index (χ3v) is 5.32. The third kappa shape index (κ3) is 6.29. The molecule has 0 aliphatic heterocycles. The van der Waals surface area contributed by atoms with Crippen molar-refractivity contribution < 1.29 is 19.5 Å². The van der Waals surface area contributed by atoms with Crippen LogP contribution in [-0.4, -0.2) is 47.5 Å². The number of carbonyl (C=O) groups excluding carboxylic acids is 3. The molecular weight excluding hydrogens is 396 g/mol. The van der Waals surface area contributed by atoms with E-state index in [9.17, 15) is 19.5 Å². The van der Waals surface area contributed by atoms with Gasteiger partial charge >= 0.3 is 0 Å². The molecule has 8 nitrogen and oxygen atoms in total. The Morgan fingerprint density at radius 2 is 1.65 bits per heavy atom. The van der Waals surface area contributed by atoms with Crippen molar-refractivity contribution in [2.75, 3.05) is 6.54 Å². The predicted molar refractivity (Wildman–Crippen MR) is 116 cm³/mol. The molecule has 0 unspecified atom stereocenters. The lowest BCUT2D eigenvalue weighted by atomic mass is 10.1. The number of rotatable bonds is 8. The summed E-state index contributed by atoms with van der Waals surface area (Å²) < 4.78 is 0. The molecule has 0 fully saturated rings. The van der Waals surface area contributed by atoms with Gasteiger partial charge in [-0.15, -0.1) is 0 Å². The molecule has 0 radical (unpaired) electrons. The number of carbonyl (C=O) groups is 3. The van der Waals surface area contributed by atoms with E-state index in [1.54, 1.807) is 12.1 Å². The van der Waals surface area contributed by atoms with Gasteiger partial charge in [0.1, 0.15) is 11.8 Å². The second-order valence-electron chi connectivity index (χ2n) is 7.87. The summed E-state index contributed by atoms with van der Waals surface area (Å²) in [5.41, 5.74) is 9.18. The highest BCUT2D eigenvalue weighted by molar-refractivity contribution is 5.91. The molecule has 0 saturated carbocycles. The predicted octanol–water partition coefficient (Wildman–Crippen LogP) is 0.167. The van der Waals surface area contributed by atoms with Gasteiger partial charge in [0, 0.05) is 6.04 Å². The van der Waals surface area contributed by atoms with Crippen molar-refractivity contribution in [2.45, 2.75) is 44.3 Å². The average Bonchev–Trinajstić information content (AvgIpc) is 3.15. The third-order valence-electron chi connectivity index (χ3n) is 5.32. The highest BCUT2D eigenvalue weighted by Crippen LogP contribution is 2.21. The van der Waals surface area contributed by atoms with Crippen LogP contribution in [-0.2, 0) is 33.6 Å². The Morgan fingerprint density at radius 1 is 1.03 bits per heavy atom. The molecule has 6 N–H and O–H groups in total. The lowest BCUT2D eigenvalue weighted by molar-refractivity contribution is -0.130. The first-order valence-electron chi connectivity index (χ1n) is 10.3. The van der Waals surface area contributed by atoms with Crippen LogP contribution in [0.3, 0.4) is 0 Å². The van der Waals surface area contributed by atoms with E-state index in [0.717, 1.165) is 18.4 Å². The number of nitrogens with one attached hydrogen (secondary N) is 3. The summed E-state index contributed by atoms with van der Waals surface area (Å²) in [6, 6.07) is 12.8. The van der Waals surface area contributed by atoms with Crippen LogP contribution in [0.15, 0.2) is 48.5 Å². The van der Waals surface area contributed by atoms with Crippen LogP contribution >= 0.6 is 0 Å². The maximum Gasteiger partial charge on any atom is 0.242 e. The minimum absolute atomic E-state index is 0.0248. The van der Waals surface area contributed by atoms with Gasteiger partial charge in [-0.05, 0) is 55.0 Å². The fourth-order valence-electron chi connectivity index (χ4n) is 3.62. The van der Waals surface area contributed by atoms with Gasteiger partial charge in [0.2, 0.25) is 17.7 Å². The number of hydrogen-bond acceptors (Lipinski definition) is 5. The normalized spacial score (nSPS) is 14.9. The molecule has 1 aliphatic rings. The number of nitrogens with two attached hydrogens (primary N) is 1. The SMILES string of the molecule is C[C@H](NC(=O)[C@@H](N)Cc1ccc(O)cc1)C(=O)NCC(=O)NC1Cc2ccccc2C1. The van der Waals surface area contributed by atoms with Crippen LogP contribution in [0.4, 0.5) is 0 Å². The molecule has 8 heteroatoms. The second-order valence-corrected chi connectivity index (χ2v) is 7.87. The minimum Gasteiger partial charge on any atom is -0.508 e. The Labute approximate surface area is 181 Å². The molecule has 2 aromatic carbocycles. The first-order chi connectivity index (χ1) is 14.8. The summed E-state index contributed by atoms with van der Waals surface area (Å²) in [7, 11) is 0. The highest BCUT2D eigenvalue weighted by atomic mass is 16.3. The molecule has 31 heavy (non-hydrogen) atoms. The van der Waals surface area contributed by atoms with Crippen molar-refractivity contribution in [3.8, 4) is 5.75 Å². The van der Waals surface area contributed by atoms with Crippen molar-refractivity contribution in [1.82, 2.24) is 16.0 Å². The topological polar surface area (TPSA) is 134 Å². The van der Waals surface area contributed by atoms with E-state index in [1.807, 2.05) is 12.1 Å². The van der Waals surface area contributed by atoms with Gasteiger partial charge in [0.25, 0.3) is 0 Å². The number of hydrogen-bond donors (Lipinski definition) is 5. The lowest BCUT2D eigenvalue weighted by Gasteiger charge is -2.18. The Balaban J connectivity index is 1.38. The molecule has 0 heterocycles. The zero-order valence-electron chi connectivity index (χ0n) is 17.4. The first kappa shape index (κ1) is 22.3. The molecule has 3 amide bonds. The van der Waals surface area contributed by atoms with Crippen LogP contribution in [0.5, 0.6) is 5.75 Å². The van der Waals surface area contributed by atoms with Crippen molar-refractivity contribution in [3.05, 3.63) is 65.2 Å². The molecule has 0 bridgehead atoms. The fourth-order valence-corrected chi connectivity index (χ4v) is 3.62. The molecule has 1 aliphatic carbocycles. The molecule has 2 aromatic rings. The van der Waals surface area contributed by atoms with Gasteiger partial charge < -0.3 is 26.8 Å². The average molecular weight is 425 g/mol.